The predicted molar refractivity (Wildman–Crippen MR) is 49.3 cm³/mol. The fourth-order valence-electron chi connectivity index (χ4n) is 1.02. The first-order valence-electron chi connectivity index (χ1n) is 3.94. The first kappa shape index (κ1) is 10.4. The smallest absolute Gasteiger partial charge is 0.241 e. The van der Waals surface area contributed by atoms with Crippen molar-refractivity contribution in [3.05, 3.63) is 41.0 Å². The highest BCUT2D eigenvalue weighted by Crippen LogP contribution is 2.16. The molecule has 2 N–H and O–H groups in total. The number of carbonyl (C=O) groups excluding carboxylic acids is 1. The standard InChI is InChI=1S/C10H9F2NO/c1-6-7(3-5-9(13)14)2-4-8(11)10(6)12/h2-5H,1H3,(H2,13,14)/b5-3+. The van der Waals surface area contributed by atoms with E-state index in [4.69, 9.17) is 5.73 Å². The van der Waals surface area contributed by atoms with E-state index in [0.717, 1.165) is 12.1 Å². The Morgan fingerprint density at radius 2 is 2.07 bits per heavy atom. The summed E-state index contributed by atoms with van der Waals surface area (Å²) in [5.74, 6) is -2.44. The number of hydrogen-bond donors (Lipinski definition) is 1. The van der Waals surface area contributed by atoms with Crippen LogP contribution in [0.15, 0.2) is 18.2 Å². The number of carbonyl (C=O) groups is 1. The number of halogens is 2. The largest absolute Gasteiger partial charge is 0.366 e. The van der Waals surface area contributed by atoms with Crippen molar-refractivity contribution in [1.29, 1.82) is 0 Å². The third-order valence-electron chi connectivity index (χ3n) is 1.81. The zero-order valence-corrected chi connectivity index (χ0v) is 7.55. The fourth-order valence-corrected chi connectivity index (χ4v) is 1.02. The van der Waals surface area contributed by atoms with Crippen molar-refractivity contribution in [2.24, 2.45) is 5.73 Å². The van der Waals surface area contributed by atoms with Gasteiger partial charge in [-0.1, -0.05) is 6.07 Å². The van der Waals surface area contributed by atoms with Crippen LogP contribution in [0.4, 0.5) is 8.78 Å². The molecule has 1 rings (SSSR count). The summed E-state index contributed by atoms with van der Waals surface area (Å²) in [5, 5.41) is 0. The van der Waals surface area contributed by atoms with Crippen molar-refractivity contribution in [2.45, 2.75) is 6.92 Å². The molecule has 0 aliphatic heterocycles. The van der Waals surface area contributed by atoms with E-state index in [1.54, 1.807) is 0 Å². The van der Waals surface area contributed by atoms with Crippen LogP contribution in [0.1, 0.15) is 11.1 Å². The maximum Gasteiger partial charge on any atom is 0.241 e. The molecule has 1 aromatic carbocycles. The summed E-state index contributed by atoms with van der Waals surface area (Å²) in [7, 11) is 0. The Morgan fingerprint density at radius 1 is 1.43 bits per heavy atom. The number of nitrogens with two attached hydrogens (primary N) is 1. The molecule has 0 bridgehead atoms. The van der Waals surface area contributed by atoms with E-state index in [0.29, 0.717) is 5.56 Å². The van der Waals surface area contributed by atoms with Crippen LogP contribution in [0.25, 0.3) is 6.08 Å². The molecule has 4 heteroatoms. The van der Waals surface area contributed by atoms with Gasteiger partial charge in [-0.2, -0.15) is 0 Å². The van der Waals surface area contributed by atoms with Gasteiger partial charge in [0.15, 0.2) is 11.6 Å². The molecule has 0 aliphatic rings. The Morgan fingerprint density at radius 3 is 2.64 bits per heavy atom. The summed E-state index contributed by atoms with van der Waals surface area (Å²) >= 11 is 0. The molecule has 0 aromatic heterocycles. The highest BCUT2D eigenvalue weighted by Gasteiger charge is 2.07. The molecule has 74 valence electrons. The predicted octanol–water partition coefficient (Wildman–Crippen LogP) is 1.77. The lowest BCUT2D eigenvalue weighted by Crippen LogP contribution is -2.05. The highest BCUT2D eigenvalue weighted by molar-refractivity contribution is 5.90. The molecule has 0 spiro atoms. The van der Waals surface area contributed by atoms with Gasteiger partial charge >= 0.3 is 0 Å². The first-order valence-corrected chi connectivity index (χ1v) is 3.94. The monoisotopic (exact) mass is 197 g/mol. The van der Waals surface area contributed by atoms with E-state index < -0.39 is 17.5 Å². The highest BCUT2D eigenvalue weighted by atomic mass is 19.2. The van der Waals surface area contributed by atoms with Gasteiger partial charge < -0.3 is 5.73 Å². The van der Waals surface area contributed by atoms with Gasteiger partial charge in [-0.3, -0.25) is 4.79 Å². The molecule has 0 fully saturated rings. The molecule has 1 amide bonds. The first-order chi connectivity index (χ1) is 6.52. The van der Waals surface area contributed by atoms with Crippen LogP contribution in [0.3, 0.4) is 0 Å². The molecule has 14 heavy (non-hydrogen) atoms. The van der Waals surface area contributed by atoms with Gasteiger partial charge in [-0.25, -0.2) is 8.78 Å². The lowest BCUT2D eigenvalue weighted by atomic mass is 10.1. The van der Waals surface area contributed by atoms with E-state index in [-0.39, 0.29) is 5.56 Å². The minimum Gasteiger partial charge on any atom is -0.366 e. The van der Waals surface area contributed by atoms with E-state index in [2.05, 4.69) is 0 Å². The molecular formula is C10H9F2NO. The van der Waals surface area contributed by atoms with Crippen LogP contribution in [0.5, 0.6) is 0 Å². The van der Waals surface area contributed by atoms with Gasteiger partial charge in [-0.15, -0.1) is 0 Å². The van der Waals surface area contributed by atoms with Crippen molar-refractivity contribution in [3.63, 3.8) is 0 Å². The van der Waals surface area contributed by atoms with Crippen molar-refractivity contribution in [2.75, 3.05) is 0 Å². The second-order valence-electron chi connectivity index (χ2n) is 2.81. The van der Waals surface area contributed by atoms with Crippen molar-refractivity contribution < 1.29 is 13.6 Å². The number of rotatable bonds is 2. The van der Waals surface area contributed by atoms with Gasteiger partial charge in [0, 0.05) is 6.08 Å². The molecule has 0 aliphatic carbocycles. The topological polar surface area (TPSA) is 43.1 Å². The lowest BCUT2D eigenvalue weighted by Gasteiger charge is -2.01. The number of amides is 1. The number of hydrogen-bond acceptors (Lipinski definition) is 1. The average Bonchev–Trinajstić information content (AvgIpc) is 2.13. The van der Waals surface area contributed by atoms with Crippen LogP contribution in [-0.2, 0) is 4.79 Å². The normalized spacial score (nSPS) is 10.8. The maximum atomic E-state index is 13.0. The van der Waals surface area contributed by atoms with E-state index in [1.807, 2.05) is 0 Å². The van der Waals surface area contributed by atoms with Gasteiger partial charge in [0.25, 0.3) is 0 Å². The molecule has 0 atom stereocenters. The molecule has 1 aromatic rings. The van der Waals surface area contributed by atoms with Crippen LogP contribution in [0, 0.1) is 18.6 Å². The zero-order chi connectivity index (χ0) is 10.7. The Kier molecular flexibility index (Phi) is 2.96. The number of primary amides is 1. The Balaban J connectivity index is 3.12. The Labute approximate surface area is 80.0 Å². The zero-order valence-electron chi connectivity index (χ0n) is 7.55. The van der Waals surface area contributed by atoms with Gasteiger partial charge in [0.05, 0.1) is 0 Å². The van der Waals surface area contributed by atoms with E-state index >= 15 is 0 Å². The quantitative estimate of drug-likeness (QED) is 0.721. The number of benzene rings is 1. The molecule has 0 radical (unpaired) electrons. The lowest BCUT2D eigenvalue weighted by molar-refractivity contribution is -0.113. The molecule has 0 saturated carbocycles. The SMILES string of the molecule is Cc1c(/C=C/C(N)=O)ccc(F)c1F. The van der Waals surface area contributed by atoms with Crippen molar-refractivity contribution in [3.8, 4) is 0 Å². The van der Waals surface area contributed by atoms with Crippen LogP contribution >= 0.6 is 0 Å². The molecule has 2 nitrogen and oxygen atoms in total. The van der Waals surface area contributed by atoms with Crippen molar-refractivity contribution >= 4 is 12.0 Å². The summed E-state index contributed by atoms with van der Waals surface area (Å²) in [6.07, 6.45) is 2.44. The van der Waals surface area contributed by atoms with Crippen LogP contribution in [0.2, 0.25) is 0 Å². The van der Waals surface area contributed by atoms with E-state index in [9.17, 15) is 13.6 Å². The summed E-state index contributed by atoms with van der Waals surface area (Å²) < 4.78 is 25.7. The second kappa shape index (κ2) is 4.00. The maximum absolute atomic E-state index is 13.0. The van der Waals surface area contributed by atoms with Crippen LogP contribution in [-0.4, -0.2) is 5.91 Å². The summed E-state index contributed by atoms with van der Waals surface area (Å²) in [6, 6.07) is 2.39. The second-order valence-corrected chi connectivity index (χ2v) is 2.81. The van der Waals surface area contributed by atoms with Gasteiger partial charge in [0.1, 0.15) is 0 Å². The third-order valence-corrected chi connectivity index (χ3v) is 1.81. The van der Waals surface area contributed by atoms with Gasteiger partial charge in [-0.05, 0) is 30.2 Å². The minimum atomic E-state index is -0.906. The third kappa shape index (κ3) is 2.16. The summed E-state index contributed by atoms with van der Waals surface area (Å²) in [5.41, 5.74) is 5.45. The Bertz CT molecular complexity index is 399. The molecule has 0 saturated heterocycles. The summed E-state index contributed by atoms with van der Waals surface area (Å²) in [4.78, 5) is 10.4. The molecule has 0 heterocycles. The average molecular weight is 197 g/mol. The van der Waals surface area contributed by atoms with Gasteiger partial charge in [0.2, 0.25) is 5.91 Å². The summed E-state index contributed by atoms with van der Waals surface area (Å²) in [6.45, 7) is 1.43. The molecular weight excluding hydrogens is 188 g/mol. The molecule has 0 unspecified atom stereocenters. The minimum absolute atomic E-state index is 0.155. The Hall–Kier alpha value is -1.71. The van der Waals surface area contributed by atoms with E-state index in [1.165, 1.54) is 19.1 Å². The fraction of sp³-hybridized carbons (Fsp3) is 0.100. The van der Waals surface area contributed by atoms with Crippen molar-refractivity contribution in [1.82, 2.24) is 0 Å². The van der Waals surface area contributed by atoms with Crippen LogP contribution < -0.4 is 5.73 Å².